The Labute approximate surface area is 247 Å². The van der Waals surface area contributed by atoms with Crippen molar-refractivity contribution in [2.75, 3.05) is 31.3 Å². The minimum atomic E-state index is -3.99. The van der Waals surface area contributed by atoms with E-state index in [1.165, 1.54) is 55.5 Å². The molecule has 226 valence electrons. The molecule has 0 bridgehead atoms. The summed E-state index contributed by atoms with van der Waals surface area (Å²) in [6.45, 7) is 2.89. The van der Waals surface area contributed by atoms with Gasteiger partial charge in [-0.3, -0.25) is 13.9 Å². The summed E-state index contributed by atoms with van der Waals surface area (Å²) in [5.41, 5.74) is 1.14. The summed E-state index contributed by atoms with van der Waals surface area (Å²) in [6, 6.07) is 18.4. The van der Waals surface area contributed by atoms with Crippen LogP contribution in [-0.2, 0) is 32.6 Å². The molecular formula is C31H38FN3O6S. The van der Waals surface area contributed by atoms with Crippen LogP contribution >= 0.6 is 0 Å². The van der Waals surface area contributed by atoms with Crippen LogP contribution < -0.4 is 19.1 Å². The van der Waals surface area contributed by atoms with Crippen molar-refractivity contribution in [2.45, 2.75) is 45.3 Å². The fourth-order valence-electron chi connectivity index (χ4n) is 4.40. The fourth-order valence-corrected chi connectivity index (χ4v) is 5.24. The van der Waals surface area contributed by atoms with Gasteiger partial charge in [0.25, 0.3) is 0 Å². The van der Waals surface area contributed by atoms with Gasteiger partial charge in [-0.1, -0.05) is 55.5 Å². The van der Waals surface area contributed by atoms with Crippen molar-refractivity contribution in [1.29, 1.82) is 0 Å². The quantitative estimate of drug-likeness (QED) is 0.298. The molecule has 0 fully saturated rings. The molecule has 3 aromatic rings. The topological polar surface area (TPSA) is 105 Å². The van der Waals surface area contributed by atoms with E-state index < -0.39 is 40.2 Å². The lowest BCUT2D eigenvalue weighted by molar-refractivity contribution is -0.140. The van der Waals surface area contributed by atoms with Gasteiger partial charge in [0.1, 0.15) is 18.4 Å². The summed E-state index contributed by atoms with van der Waals surface area (Å²) >= 11 is 0. The van der Waals surface area contributed by atoms with Crippen molar-refractivity contribution >= 4 is 27.5 Å². The number of methoxy groups -OCH3 is 2. The third-order valence-electron chi connectivity index (χ3n) is 6.90. The van der Waals surface area contributed by atoms with Crippen LogP contribution in [0.1, 0.15) is 31.4 Å². The zero-order chi connectivity index (χ0) is 30.9. The zero-order valence-corrected chi connectivity index (χ0v) is 25.4. The summed E-state index contributed by atoms with van der Waals surface area (Å²) in [4.78, 5) is 29.1. The van der Waals surface area contributed by atoms with Gasteiger partial charge in [0.05, 0.1) is 26.2 Å². The number of rotatable bonds is 14. The summed E-state index contributed by atoms with van der Waals surface area (Å²) in [5, 5.41) is 2.94. The Kier molecular flexibility index (Phi) is 11.3. The summed E-state index contributed by atoms with van der Waals surface area (Å²) in [5.74, 6) is -0.995. The molecule has 0 saturated carbocycles. The standard InChI is InChI=1S/C31H38FN3O6S/c1-6-22(2)33-31(37)27(18-23-12-8-7-9-13-23)34(20-24-14-10-11-15-26(24)32)30(36)21-35(42(5,38)39)25-16-17-28(40-3)29(19-25)41-4/h7-17,19,22,27H,6,18,20-21H2,1-5H3,(H,33,37). The highest BCUT2D eigenvalue weighted by molar-refractivity contribution is 7.92. The number of halogens is 1. The molecule has 0 spiro atoms. The maximum absolute atomic E-state index is 14.9. The lowest BCUT2D eigenvalue weighted by Gasteiger charge is -2.34. The Balaban J connectivity index is 2.09. The van der Waals surface area contributed by atoms with Crippen molar-refractivity contribution in [3.05, 3.63) is 89.7 Å². The summed E-state index contributed by atoms with van der Waals surface area (Å²) < 4.78 is 52.3. The van der Waals surface area contributed by atoms with Gasteiger partial charge in [0.15, 0.2) is 11.5 Å². The SMILES string of the molecule is CCC(C)NC(=O)C(Cc1ccccc1)N(Cc1ccccc1F)C(=O)CN(c1ccc(OC)c(OC)c1)S(C)(=O)=O. The van der Waals surface area contributed by atoms with Crippen LogP contribution in [0.2, 0.25) is 0 Å². The van der Waals surface area contributed by atoms with E-state index in [4.69, 9.17) is 9.47 Å². The number of carbonyl (C=O) groups is 2. The van der Waals surface area contributed by atoms with E-state index in [-0.39, 0.29) is 36.0 Å². The van der Waals surface area contributed by atoms with Crippen molar-refractivity contribution in [3.8, 4) is 11.5 Å². The Morgan fingerprint density at radius 1 is 0.952 bits per heavy atom. The number of ether oxygens (including phenoxy) is 2. The minimum absolute atomic E-state index is 0.137. The van der Waals surface area contributed by atoms with Gasteiger partial charge in [0.2, 0.25) is 21.8 Å². The average Bonchev–Trinajstić information content (AvgIpc) is 2.97. The predicted molar refractivity (Wildman–Crippen MR) is 161 cm³/mol. The molecule has 3 aromatic carbocycles. The van der Waals surface area contributed by atoms with Crippen LogP contribution in [0.5, 0.6) is 11.5 Å². The smallest absolute Gasteiger partial charge is 0.244 e. The molecule has 0 radical (unpaired) electrons. The number of amides is 2. The Hall–Kier alpha value is -4.12. The highest BCUT2D eigenvalue weighted by Gasteiger charge is 2.34. The molecule has 9 nitrogen and oxygen atoms in total. The monoisotopic (exact) mass is 599 g/mol. The highest BCUT2D eigenvalue weighted by Crippen LogP contribution is 2.32. The van der Waals surface area contributed by atoms with Crippen LogP contribution in [0.15, 0.2) is 72.8 Å². The number of hydrogen-bond donors (Lipinski definition) is 1. The van der Waals surface area contributed by atoms with Gasteiger partial charge in [-0.15, -0.1) is 0 Å². The van der Waals surface area contributed by atoms with Gasteiger partial charge in [-0.05, 0) is 37.1 Å². The number of carbonyl (C=O) groups excluding carboxylic acids is 2. The van der Waals surface area contributed by atoms with Crippen molar-refractivity contribution < 1.29 is 31.9 Å². The first-order chi connectivity index (χ1) is 20.0. The van der Waals surface area contributed by atoms with Gasteiger partial charge in [-0.2, -0.15) is 0 Å². The molecule has 11 heteroatoms. The Morgan fingerprint density at radius 3 is 2.19 bits per heavy atom. The number of nitrogens with one attached hydrogen (secondary N) is 1. The van der Waals surface area contributed by atoms with E-state index in [1.807, 2.05) is 44.2 Å². The first-order valence-corrected chi connectivity index (χ1v) is 15.4. The first kappa shape index (κ1) is 32.4. The maximum Gasteiger partial charge on any atom is 0.244 e. The van der Waals surface area contributed by atoms with Gasteiger partial charge >= 0.3 is 0 Å². The molecule has 42 heavy (non-hydrogen) atoms. The number of benzene rings is 3. The normalized spacial score (nSPS) is 12.6. The molecule has 2 atom stereocenters. The third kappa shape index (κ3) is 8.45. The number of sulfonamides is 1. The second kappa shape index (κ2) is 14.7. The van der Waals surface area contributed by atoms with E-state index in [2.05, 4.69) is 5.32 Å². The van der Waals surface area contributed by atoms with Crippen LogP contribution in [-0.4, -0.2) is 64.2 Å². The van der Waals surface area contributed by atoms with Crippen LogP contribution in [0.25, 0.3) is 0 Å². The molecule has 1 N–H and O–H groups in total. The molecule has 2 amide bonds. The van der Waals surface area contributed by atoms with Gasteiger partial charge in [-0.25, -0.2) is 12.8 Å². The predicted octanol–water partition coefficient (Wildman–Crippen LogP) is 4.16. The Morgan fingerprint density at radius 2 is 1.60 bits per heavy atom. The van der Waals surface area contributed by atoms with Crippen LogP contribution in [0.3, 0.4) is 0 Å². The molecule has 2 unspecified atom stereocenters. The first-order valence-electron chi connectivity index (χ1n) is 13.5. The zero-order valence-electron chi connectivity index (χ0n) is 24.5. The fraction of sp³-hybridized carbons (Fsp3) is 0.355. The van der Waals surface area contributed by atoms with Crippen molar-refractivity contribution in [2.24, 2.45) is 0 Å². The van der Waals surface area contributed by atoms with Crippen molar-refractivity contribution in [3.63, 3.8) is 0 Å². The molecule has 0 aliphatic carbocycles. The third-order valence-corrected chi connectivity index (χ3v) is 8.05. The average molecular weight is 600 g/mol. The molecule has 3 rings (SSSR count). The number of anilines is 1. The van der Waals surface area contributed by atoms with E-state index in [9.17, 15) is 22.4 Å². The maximum atomic E-state index is 14.9. The second-order valence-electron chi connectivity index (χ2n) is 9.95. The lowest BCUT2D eigenvalue weighted by atomic mass is 10.0. The second-order valence-corrected chi connectivity index (χ2v) is 11.9. The molecule has 0 saturated heterocycles. The summed E-state index contributed by atoms with van der Waals surface area (Å²) in [6.07, 6.45) is 1.78. The van der Waals surface area contributed by atoms with E-state index in [1.54, 1.807) is 6.07 Å². The molecule has 0 aromatic heterocycles. The number of nitrogens with zero attached hydrogens (tertiary/aromatic N) is 2. The molecular weight excluding hydrogens is 561 g/mol. The Bertz CT molecular complexity index is 1470. The van der Waals surface area contributed by atoms with Crippen molar-refractivity contribution in [1.82, 2.24) is 10.2 Å². The van der Waals surface area contributed by atoms with Crippen LogP contribution in [0, 0.1) is 5.82 Å². The summed E-state index contributed by atoms with van der Waals surface area (Å²) in [7, 11) is -1.12. The highest BCUT2D eigenvalue weighted by atomic mass is 32.2. The lowest BCUT2D eigenvalue weighted by Crippen LogP contribution is -2.54. The van der Waals surface area contributed by atoms with Gasteiger partial charge in [0, 0.05) is 30.6 Å². The van der Waals surface area contributed by atoms with E-state index in [0.29, 0.717) is 12.2 Å². The largest absolute Gasteiger partial charge is 0.493 e. The molecule has 0 aliphatic rings. The van der Waals surface area contributed by atoms with E-state index in [0.717, 1.165) is 16.1 Å². The van der Waals surface area contributed by atoms with Crippen LogP contribution in [0.4, 0.5) is 10.1 Å². The number of hydrogen-bond acceptors (Lipinski definition) is 6. The minimum Gasteiger partial charge on any atom is -0.493 e. The van der Waals surface area contributed by atoms with E-state index >= 15 is 0 Å². The molecule has 0 aliphatic heterocycles. The molecule has 0 heterocycles. The van der Waals surface area contributed by atoms with Gasteiger partial charge < -0.3 is 19.7 Å².